The van der Waals surface area contributed by atoms with Gasteiger partial charge in [0.2, 0.25) is 0 Å². The second kappa shape index (κ2) is 7.12. The second-order valence-corrected chi connectivity index (χ2v) is 9.30. The first-order valence-electron chi connectivity index (χ1n) is 8.12. The molecular weight excluding hydrogens is 441 g/mol. The Balaban J connectivity index is 2.09. The molecule has 0 aromatic heterocycles. The zero-order valence-corrected chi connectivity index (χ0v) is 16.7. The van der Waals surface area contributed by atoms with Crippen LogP contribution in [0.3, 0.4) is 0 Å². The predicted octanol–water partition coefficient (Wildman–Crippen LogP) is 3.21. The molecule has 1 fully saturated rings. The van der Waals surface area contributed by atoms with Crippen LogP contribution in [-0.4, -0.2) is 31.6 Å². The number of rotatable bonds is 5. The Morgan fingerprint density at radius 3 is 2.48 bits per heavy atom. The van der Waals surface area contributed by atoms with Crippen molar-refractivity contribution in [3.63, 3.8) is 0 Å². The summed E-state index contributed by atoms with van der Waals surface area (Å²) in [7, 11) is -2.79. The Morgan fingerprint density at radius 1 is 1.22 bits per heavy atom. The van der Waals surface area contributed by atoms with E-state index < -0.39 is 43.7 Å². The van der Waals surface area contributed by atoms with Crippen LogP contribution in [0.15, 0.2) is 33.6 Å². The lowest BCUT2D eigenvalue weighted by molar-refractivity contribution is 0.0960. The lowest BCUT2D eigenvalue weighted by atomic mass is 10.0. The molecule has 0 spiro atoms. The highest BCUT2D eigenvalue weighted by Gasteiger charge is 2.29. The standard InChI is InChI=1S/C18H17BrFNO5S/c1-21-18(24)13-5-10(9-2-3-9)4-11(16(13)22)8-27(25,26)15-7-12(19)6-14(20)17(15)23/h4-7,9,22-23H,2-3,8H2,1H3,(H,21,24). The van der Waals surface area contributed by atoms with Crippen LogP contribution in [0.1, 0.15) is 40.2 Å². The number of nitrogens with one attached hydrogen (secondary N) is 1. The van der Waals surface area contributed by atoms with Crippen molar-refractivity contribution < 1.29 is 27.8 Å². The first-order chi connectivity index (χ1) is 12.6. The number of amides is 1. The number of phenols is 2. The summed E-state index contributed by atoms with van der Waals surface area (Å²) in [5.41, 5.74) is 0.774. The third kappa shape index (κ3) is 3.93. The molecule has 1 amide bonds. The molecule has 1 aliphatic rings. The molecule has 3 rings (SSSR count). The number of sulfone groups is 1. The number of aromatic hydroxyl groups is 2. The third-order valence-corrected chi connectivity index (χ3v) is 6.54. The number of hydrogen-bond acceptors (Lipinski definition) is 5. The van der Waals surface area contributed by atoms with Gasteiger partial charge in [-0.1, -0.05) is 22.0 Å². The van der Waals surface area contributed by atoms with E-state index >= 15 is 0 Å². The van der Waals surface area contributed by atoms with E-state index in [2.05, 4.69) is 21.2 Å². The van der Waals surface area contributed by atoms with Gasteiger partial charge in [-0.2, -0.15) is 0 Å². The van der Waals surface area contributed by atoms with Gasteiger partial charge in [-0.3, -0.25) is 4.79 Å². The summed E-state index contributed by atoms with van der Waals surface area (Å²) in [4.78, 5) is 11.5. The smallest absolute Gasteiger partial charge is 0.254 e. The van der Waals surface area contributed by atoms with Gasteiger partial charge in [0, 0.05) is 17.1 Å². The van der Waals surface area contributed by atoms with Crippen LogP contribution in [0.5, 0.6) is 11.5 Å². The Bertz CT molecular complexity index is 1030. The number of benzene rings is 2. The maximum absolute atomic E-state index is 13.7. The van der Waals surface area contributed by atoms with Gasteiger partial charge in [0.05, 0.1) is 11.3 Å². The molecular formula is C18H17BrFNO5S. The van der Waals surface area contributed by atoms with Crippen LogP contribution in [-0.2, 0) is 15.6 Å². The van der Waals surface area contributed by atoms with Gasteiger partial charge < -0.3 is 15.5 Å². The van der Waals surface area contributed by atoms with Gasteiger partial charge >= 0.3 is 0 Å². The molecule has 0 bridgehead atoms. The maximum Gasteiger partial charge on any atom is 0.254 e. The number of halogens is 2. The fraction of sp³-hybridized carbons (Fsp3) is 0.278. The molecule has 144 valence electrons. The quantitative estimate of drug-likeness (QED) is 0.639. The highest BCUT2D eigenvalue weighted by atomic mass is 79.9. The van der Waals surface area contributed by atoms with Crippen molar-refractivity contribution in [2.45, 2.75) is 29.4 Å². The van der Waals surface area contributed by atoms with Crippen molar-refractivity contribution in [1.29, 1.82) is 0 Å². The first kappa shape index (κ1) is 19.6. The third-order valence-electron chi connectivity index (χ3n) is 4.41. The molecule has 0 atom stereocenters. The van der Waals surface area contributed by atoms with Crippen molar-refractivity contribution in [3.8, 4) is 11.5 Å². The first-order valence-corrected chi connectivity index (χ1v) is 10.6. The topological polar surface area (TPSA) is 104 Å². The van der Waals surface area contributed by atoms with Crippen molar-refractivity contribution in [3.05, 3.63) is 51.2 Å². The SMILES string of the molecule is CNC(=O)c1cc(C2CC2)cc(CS(=O)(=O)c2cc(Br)cc(F)c2O)c1O. The monoisotopic (exact) mass is 457 g/mol. The number of hydrogen-bond donors (Lipinski definition) is 3. The average molecular weight is 458 g/mol. The molecule has 27 heavy (non-hydrogen) atoms. The maximum atomic E-state index is 13.7. The van der Waals surface area contributed by atoms with Gasteiger partial charge in [0.1, 0.15) is 10.6 Å². The van der Waals surface area contributed by atoms with Crippen LogP contribution in [0.4, 0.5) is 4.39 Å². The fourth-order valence-corrected chi connectivity index (χ4v) is 4.92. The Hall–Kier alpha value is -2.13. The minimum atomic E-state index is -4.19. The zero-order valence-electron chi connectivity index (χ0n) is 14.3. The molecule has 3 N–H and O–H groups in total. The predicted molar refractivity (Wildman–Crippen MR) is 100 cm³/mol. The molecule has 0 unspecified atom stereocenters. The molecule has 1 saturated carbocycles. The summed E-state index contributed by atoms with van der Waals surface area (Å²) >= 11 is 3.00. The Labute approximate surface area is 164 Å². The fourth-order valence-electron chi connectivity index (χ4n) is 2.85. The largest absolute Gasteiger partial charge is 0.507 e. The molecule has 2 aromatic carbocycles. The lowest BCUT2D eigenvalue weighted by Crippen LogP contribution is -2.19. The molecule has 0 saturated heterocycles. The highest BCUT2D eigenvalue weighted by molar-refractivity contribution is 9.10. The Kier molecular flexibility index (Phi) is 5.18. The summed E-state index contributed by atoms with van der Waals surface area (Å²) in [6.45, 7) is 0. The summed E-state index contributed by atoms with van der Waals surface area (Å²) in [6.07, 6.45) is 1.84. The van der Waals surface area contributed by atoms with Crippen LogP contribution in [0.25, 0.3) is 0 Å². The van der Waals surface area contributed by atoms with Crippen molar-refractivity contribution in [1.82, 2.24) is 5.32 Å². The molecule has 2 aromatic rings. The van der Waals surface area contributed by atoms with E-state index in [9.17, 15) is 27.8 Å². The van der Waals surface area contributed by atoms with Crippen LogP contribution in [0.2, 0.25) is 0 Å². The normalized spacial score (nSPS) is 14.2. The highest BCUT2D eigenvalue weighted by Crippen LogP contribution is 2.43. The van der Waals surface area contributed by atoms with E-state index in [0.717, 1.165) is 30.5 Å². The summed E-state index contributed by atoms with van der Waals surface area (Å²) < 4.78 is 39.4. The van der Waals surface area contributed by atoms with E-state index in [0.29, 0.717) is 0 Å². The summed E-state index contributed by atoms with van der Waals surface area (Å²) in [5.74, 6) is -3.52. The van der Waals surface area contributed by atoms with Crippen LogP contribution in [0, 0.1) is 5.82 Å². The van der Waals surface area contributed by atoms with E-state index in [1.807, 2.05) is 0 Å². The van der Waals surface area contributed by atoms with Crippen molar-refractivity contribution in [2.75, 3.05) is 7.05 Å². The van der Waals surface area contributed by atoms with Gasteiger partial charge in [0.25, 0.3) is 5.91 Å². The molecule has 0 radical (unpaired) electrons. The van der Waals surface area contributed by atoms with E-state index in [4.69, 9.17) is 0 Å². The molecule has 9 heteroatoms. The molecule has 1 aliphatic carbocycles. The van der Waals surface area contributed by atoms with Crippen molar-refractivity contribution >= 4 is 31.7 Å². The van der Waals surface area contributed by atoms with Gasteiger partial charge in [-0.25, -0.2) is 12.8 Å². The van der Waals surface area contributed by atoms with E-state index in [-0.39, 0.29) is 21.5 Å². The molecule has 0 aliphatic heterocycles. The van der Waals surface area contributed by atoms with Gasteiger partial charge in [-0.15, -0.1) is 0 Å². The summed E-state index contributed by atoms with van der Waals surface area (Å²) in [5, 5.41) is 22.7. The number of phenolic OH excluding ortho intramolecular Hbond substituents is 2. The summed E-state index contributed by atoms with van der Waals surface area (Å²) in [6, 6.07) is 5.14. The Morgan fingerprint density at radius 2 is 1.89 bits per heavy atom. The second-order valence-electron chi connectivity index (χ2n) is 6.42. The molecule has 6 nitrogen and oxygen atoms in total. The minimum Gasteiger partial charge on any atom is -0.507 e. The zero-order chi connectivity index (χ0) is 19.9. The number of carbonyl (C=O) groups excluding carboxylic acids is 1. The van der Waals surface area contributed by atoms with Gasteiger partial charge in [0.15, 0.2) is 21.4 Å². The minimum absolute atomic E-state index is 0.0169. The van der Waals surface area contributed by atoms with E-state index in [1.165, 1.54) is 7.05 Å². The lowest BCUT2D eigenvalue weighted by Gasteiger charge is -2.13. The van der Waals surface area contributed by atoms with Crippen LogP contribution >= 0.6 is 15.9 Å². The van der Waals surface area contributed by atoms with Crippen LogP contribution < -0.4 is 5.32 Å². The van der Waals surface area contributed by atoms with Gasteiger partial charge in [-0.05, 0) is 42.5 Å². The average Bonchev–Trinajstić information content (AvgIpc) is 3.44. The van der Waals surface area contributed by atoms with E-state index in [1.54, 1.807) is 12.1 Å². The molecule has 0 heterocycles. The van der Waals surface area contributed by atoms with Crippen molar-refractivity contribution in [2.24, 2.45) is 0 Å². The number of carbonyl (C=O) groups is 1.